The third kappa shape index (κ3) is 4.04. The Morgan fingerprint density at radius 1 is 1.33 bits per heavy atom. The number of imidazole rings is 1. The number of ether oxygens (including phenoxy) is 2. The fourth-order valence-electron chi connectivity index (χ4n) is 2.47. The number of nitrogens with one attached hydrogen (secondary N) is 1. The van der Waals surface area contributed by atoms with Crippen LogP contribution in [-0.4, -0.2) is 29.6 Å². The van der Waals surface area contributed by atoms with Gasteiger partial charge < -0.3 is 20.2 Å². The van der Waals surface area contributed by atoms with Gasteiger partial charge in [0.1, 0.15) is 17.7 Å². The highest BCUT2D eigenvalue weighted by atomic mass is 19.1. The lowest BCUT2D eigenvalue weighted by Gasteiger charge is -2.10. The average Bonchev–Trinajstić information content (AvgIpc) is 3.07. The first-order valence-corrected chi connectivity index (χ1v) is 7.86. The maximum atomic E-state index is 13.3. The summed E-state index contributed by atoms with van der Waals surface area (Å²) in [5.41, 5.74) is 7.04. The van der Waals surface area contributed by atoms with E-state index >= 15 is 0 Å². The minimum atomic E-state index is -0.603. The van der Waals surface area contributed by atoms with Gasteiger partial charge in [0.2, 0.25) is 0 Å². The van der Waals surface area contributed by atoms with Crippen LogP contribution in [0.5, 0.6) is 11.5 Å². The Hall–Kier alpha value is -3.86. The first-order chi connectivity index (χ1) is 13.0. The molecule has 0 radical (unpaired) electrons. The van der Waals surface area contributed by atoms with Crippen molar-refractivity contribution in [2.24, 2.45) is 5.73 Å². The molecule has 3 N–H and O–H groups in total. The van der Waals surface area contributed by atoms with Gasteiger partial charge in [0.05, 0.1) is 23.7 Å². The highest BCUT2D eigenvalue weighted by molar-refractivity contribution is 5.90. The number of aromatic nitrogens is 2. The number of benzene rings is 2. The van der Waals surface area contributed by atoms with Crippen molar-refractivity contribution >= 4 is 28.6 Å². The van der Waals surface area contributed by atoms with E-state index < -0.39 is 11.7 Å². The number of H-pyrrole nitrogens is 1. The fraction of sp³-hybridized carbons (Fsp3) is 0.105. The van der Waals surface area contributed by atoms with Crippen LogP contribution in [0.15, 0.2) is 36.4 Å². The van der Waals surface area contributed by atoms with Crippen LogP contribution in [-0.2, 0) is 4.79 Å². The number of carbonyl (C=O) groups is 1. The molecule has 1 heterocycles. The van der Waals surface area contributed by atoms with E-state index in [9.17, 15) is 14.4 Å². The number of nitrogens with zero attached hydrogens (tertiary/aromatic N) is 2. The van der Waals surface area contributed by atoms with Crippen molar-refractivity contribution < 1.29 is 18.7 Å². The van der Waals surface area contributed by atoms with Crippen LogP contribution < -0.4 is 15.2 Å². The summed E-state index contributed by atoms with van der Waals surface area (Å²) < 4.78 is 23.8. The summed E-state index contributed by atoms with van der Waals surface area (Å²) in [6, 6.07) is 11.2. The standard InChI is InChI=1S/C19H15FN4O3/c1-26-17-7-11(2-5-16(17)27-10-18(22)25)6-12(9-21)19-23-14-4-3-13(20)8-15(14)24-19/h2-8H,10H2,1H3,(H2,22,25)(H,23,24)/b12-6-. The molecule has 136 valence electrons. The van der Waals surface area contributed by atoms with E-state index in [4.69, 9.17) is 15.2 Å². The second-order valence-electron chi connectivity index (χ2n) is 5.58. The molecule has 0 saturated heterocycles. The summed E-state index contributed by atoms with van der Waals surface area (Å²) >= 11 is 0. The summed E-state index contributed by atoms with van der Waals surface area (Å²) in [5.74, 6) is 0.0665. The van der Waals surface area contributed by atoms with Gasteiger partial charge in [-0.3, -0.25) is 4.79 Å². The van der Waals surface area contributed by atoms with E-state index in [2.05, 4.69) is 16.0 Å². The number of methoxy groups -OCH3 is 1. The molecule has 1 aromatic heterocycles. The predicted octanol–water partition coefficient (Wildman–Crippen LogP) is 2.64. The molecular weight excluding hydrogens is 351 g/mol. The van der Waals surface area contributed by atoms with Crippen LogP contribution in [0.3, 0.4) is 0 Å². The second-order valence-corrected chi connectivity index (χ2v) is 5.58. The third-order valence-corrected chi connectivity index (χ3v) is 3.69. The van der Waals surface area contributed by atoms with Crippen molar-refractivity contribution in [1.29, 1.82) is 5.26 Å². The number of fused-ring (bicyclic) bond motifs is 1. The summed E-state index contributed by atoms with van der Waals surface area (Å²) in [6.07, 6.45) is 1.61. The molecule has 0 spiro atoms. The zero-order valence-electron chi connectivity index (χ0n) is 14.3. The summed E-state index contributed by atoms with van der Waals surface area (Å²) in [6.45, 7) is -0.273. The summed E-state index contributed by atoms with van der Waals surface area (Å²) in [5, 5.41) is 9.49. The first-order valence-electron chi connectivity index (χ1n) is 7.86. The maximum Gasteiger partial charge on any atom is 0.255 e. The number of allylic oxidation sites excluding steroid dienone is 1. The molecule has 0 saturated carbocycles. The van der Waals surface area contributed by atoms with Gasteiger partial charge in [0.25, 0.3) is 5.91 Å². The molecule has 1 amide bonds. The zero-order valence-corrected chi connectivity index (χ0v) is 14.3. The highest BCUT2D eigenvalue weighted by Crippen LogP contribution is 2.29. The van der Waals surface area contributed by atoms with E-state index in [1.165, 1.54) is 25.3 Å². The number of rotatable bonds is 6. The minimum absolute atomic E-state index is 0.263. The van der Waals surface area contributed by atoms with Crippen molar-refractivity contribution in [3.63, 3.8) is 0 Å². The Morgan fingerprint density at radius 3 is 2.85 bits per heavy atom. The number of halogens is 1. The molecule has 0 unspecified atom stereocenters. The monoisotopic (exact) mass is 366 g/mol. The Labute approximate surface area is 153 Å². The van der Waals surface area contributed by atoms with Crippen LogP contribution in [0.2, 0.25) is 0 Å². The summed E-state index contributed by atoms with van der Waals surface area (Å²) in [4.78, 5) is 18.1. The first kappa shape index (κ1) is 17.9. The lowest BCUT2D eigenvalue weighted by molar-refractivity contribution is -0.119. The van der Waals surface area contributed by atoms with Crippen molar-refractivity contribution in [2.75, 3.05) is 13.7 Å². The molecule has 7 nitrogen and oxygen atoms in total. The van der Waals surface area contributed by atoms with Gasteiger partial charge in [0, 0.05) is 0 Å². The van der Waals surface area contributed by atoms with E-state index in [1.807, 2.05) is 0 Å². The number of hydrogen-bond donors (Lipinski definition) is 2. The largest absolute Gasteiger partial charge is 0.493 e. The molecule has 0 atom stereocenters. The second kappa shape index (κ2) is 7.58. The van der Waals surface area contributed by atoms with Crippen molar-refractivity contribution in [1.82, 2.24) is 9.97 Å². The van der Waals surface area contributed by atoms with Crippen molar-refractivity contribution in [3.8, 4) is 17.6 Å². The number of nitriles is 1. The lowest BCUT2D eigenvalue weighted by Crippen LogP contribution is -2.20. The molecule has 2 aromatic carbocycles. The number of amides is 1. The molecule has 27 heavy (non-hydrogen) atoms. The maximum absolute atomic E-state index is 13.3. The van der Waals surface area contributed by atoms with Crippen molar-refractivity contribution in [3.05, 3.63) is 53.6 Å². The smallest absolute Gasteiger partial charge is 0.255 e. The molecule has 0 aliphatic rings. The van der Waals surface area contributed by atoms with Crippen LogP contribution in [0, 0.1) is 17.1 Å². The average molecular weight is 366 g/mol. The van der Waals surface area contributed by atoms with Gasteiger partial charge in [-0.05, 0) is 42.0 Å². The quantitative estimate of drug-likeness (QED) is 0.651. The molecule has 0 aliphatic carbocycles. The number of hydrogen-bond acceptors (Lipinski definition) is 5. The van der Waals surface area contributed by atoms with Crippen LogP contribution in [0.4, 0.5) is 4.39 Å². The number of primary amides is 1. The molecule has 3 aromatic rings. The lowest BCUT2D eigenvalue weighted by atomic mass is 10.1. The van der Waals surface area contributed by atoms with Gasteiger partial charge in [-0.1, -0.05) is 6.07 Å². The molecule has 0 bridgehead atoms. The van der Waals surface area contributed by atoms with Crippen LogP contribution in [0.25, 0.3) is 22.7 Å². The number of carbonyl (C=O) groups excluding carboxylic acids is 1. The summed E-state index contributed by atoms with van der Waals surface area (Å²) in [7, 11) is 1.46. The SMILES string of the molecule is COc1cc(/C=C(/C#N)c2nc3ccc(F)cc3[nH]2)ccc1OCC(N)=O. The van der Waals surface area contributed by atoms with Gasteiger partial charge in [0.15, 0.2) is 18.1 Å². The minimum Gasteiger partial charge on any atom is -0.493 e. The highest BCUT2D eigenvalue weighted by Gasteiger charge is 2.11. The van der Waals surface area contributed by atoms with Crippen LogP contribution in [0.1, 0.15) is 11.4 Å². The van der Waals surface area contributed by atoms with Gasteiger partial charge in [-0.2, -0.15) is 5.26 Å². The molecular formula is C19H15FN4O3. The Balaban J connectivity index is 1.94. The molecule has 8 heteroatoms. The van der Waals surface area contributed by atoms with Gasteiger partial charge in [-0.25, -0.2) is 9.37 Å². The molecule has 3 rings (SSSR count). The van der Waals surface area contributed by atoms with E-state index in [-0.39, 0.29) is 12.2 Å². The topological polar surface area (TPSA) is 114 Å². The third-order valence-electron chi connectivity index (χ3n) is 3.69. The Bertz CT molecular complexity index is 1080. The van der Waals surface area contributed by atoms with E-state index in [1.54, 1.807) is 24.3 Å². The van der Waals surface area contributed by atoms with E-state index in [0.29, 0.717) is 33.9 Å². The predicted molar refractivity (Wildman–Crippen MR) is 97.2 cm³/mol. The number of nitrogens with two attached hydrogens (primary N) is 1. The molecule has 0 aliphatic heterocycles. The Morgan fingerprint density at radius 2 is 2.15 bits per heavy atom. The fourth-order valence-corrected chi connectivity index (χ4v) is 2.47. The van der Waals surface area contributed by atoms with Gasteiger partial charge >= 0.3 is 0 Å². The number of aromatic amines is 1. The molecule has 0 fully saturated rings. The van der Waals surface area contributed by atoms with Gasteiger partial charge in [-0.15, -0.1) is 0 Å². The van der Waals surface area contributed by atoms with Crippen LogP contribution >= 0.6 is 0 Å². The zero-order chi connectivity index (χ0) is 19.4. The van der Waals surface area contributed by atoms with Crippen molar-refractivity contribution in [2.45, 2.75) is 0 Å². The normalized spacial score (nSPS) is 11.2. The Kier molecular flexibility index (Phi) is 5.04. The van der Waals surface area contributed by atoms with E-state index in [0.717, 1.165) is 0 Å².